The highest BCUT2D eigenvalue weighted by Crippen LogP contribution is 2.27. The second-order valence-corrected chi connectivity index (χ2v) is 4.33. The van der Waals surface area contributed by atoms with Crippen molar-refractivity contribution in [1.29, 1.82) is 0 Å². The van der Waals surface area contributed by atoms with Gasteiger partial charge in [0.2, 0.25) is 5.82 Å². The molecule has 0 atom stereocenters. The number of aromatic nitrogens is 2. The van der Waals surface area contributed by atoms with Crippen LogP contribution in [0, 0.1) is 11.6 Å². The molecule has 0 aliphatic carbocycles. The van der Waals surface area contributed by atoms with Crippen LogP contribution >= 0.6 is 0 Å². The molecule has 0 fully saturated rings. The van der Waals surface area contributed by atoms with Gasteiger partial charge in [0.25, 0.3) is 5.89 Å². The summed E-state index contributed by atoms with van der Waals surface area (Å²) in [6, 6.07) is 7.71. The van der Waals surface area contributed by atoms with E-state index in [0.717, 1.165) is 12.1 Å². The summed E-state index contributed by atoms with van der Waals surface area (Å²) in [5.74, 6) is -1.84. The van der Waals surface area contributed by atoms with Crippen molar-refractivity contribution in [3.05, 3.63) is 48.0 Å². The molecule has 5 nitrogen and oxygen atoms in total. The Hall–Kier alpha value is -2.96. The molecule has 7 heteroatoms. The van der Waals surface area contributed by atoms with E-state index in [4.69, 9.17) is 15.4 Å². The highest BCUT2D eigenvalue weighted by atomic mass is 19.1. The quantitative estimate of drug-likeness (QED) is 0.708. The zero-order valence-electron chi connectivity index (χ0n) is 10.5. The predicted octanol–water partition coefficient (Wildman–Crippen LogP) is 2.97. The van der Waals surface area contributed by atoms with E-state index in [1.165, 1.54) is 24.3 Å². The second-order valence-electron chi connectivity index (χ2n) is 4.33. The minimum absolute atomic E-state index is 0.0454. The van der Waals surface area contributed by atoms with Crippen LogP contribution < -0.4 is 5.73 Å². The van der Waals surface area contributed by atoms with Gasteiger partial charge in [-0.05, 0) is 36.4 Å². The molecule has 0 amide bonds. The van der Waals surface area contributed by atoms with E-state index in [0.29, 0.717) is 5.56 Å². The van der Waals surface area contributed by atoms with Gasteiger partial charge in [-0.2, -0.15) is 4.98 Å². The summed E-state index contributed by atoms with van der Waals surface area (Å²) in [5, 5.41) is 12.8. The van der Waals surface area contributed by atoms with Crippen molar-refractivity contribution in [3.8, 4) is 28.6 Å². The van der Waals surface area contributed by atoms with E-state index >= 15 is 0 Å². The van der Waals surface area contributed by atoms with E-state index in [1.807, 2.05) is 0 Å². The Labute approximate surface area is 117 Å². The van der Waals surface area contributed by atoms with Crippen molar-refractivity contribution in [2.75, 3.05) is 5.73 Å². The molecule has 2 aromatic carbocycles. The average molecular weight is 289 g/mol. The van der Waals surface area contributed by atoms with Crippen LogP contribution in [0.5, 0.6) is 5.75 Å². The molecule has 0 aliphatic rings. The highest BCUT2D eigenvalue weighted by Gasteiger charge is 2.15. The number of nitrogens with two attached hydrogens (primary N) is 1. The van der Waals surface area contributed by atoms with Crippen LogP contribution in [-0.4, -0.2) is 15.2 Å². The summed E-state index contributed by atoms with van der Waals surface area (Å²) in [6.07, 6.45) is 0. The largest absolute Gasteiger partial charge is 0.505 e. The van der Waals surface area contributed by atoms with E-state index in [1.54, 1.807) is 0 Å². The van der Waals surface area contributed by atoms with Crippen LogP contribution in [-0.2, 0) is 0 Å². The van der Waals surface area contributed by atoms with E-state index in [2.05, 4.69) is 10.1 Å². The van der Waals surface area contributed by atoms with Gasteiger partial charge in [0.15, 0.2) is 11.6 Å². The van der Waals surface area contributed by atoms with Crippen molar-refractivity contribution >= 4 is 5.69 Å². The fourth-order valence-corrected chi connectivity index (χ4v) is 1.80. The lowest BCUT2D eigenvalue weighted by Gasteiger charge is -1.98. The van der Waals surface area contributed by atoms with Gasteiger partial charge in [0.1, 0.15) is 5.82 Å². The van der Waals surface area contributed by atoms with Crippen molar-refractivity contribution < 1.29 is 18.4 Å². The Balaban J connectivity index is 2.01. The van der Waals surface area contributed by atoms with Crippen molar-refractivity contribution in [3.63, 3.8) is 0 Å². The molecule has 106 valence electrons. The minimum Gasteiger partial charge on any atom is -0.505 e. The van der Waals surface area contributed by atoms with Crippen molar-refractivity contribution in [2.24, 2.45) is 0 Å². The second kappa shape index (κ2) is 4.86. The lowest BCUT2D eigenvalue weighted by atomic mass is 10.2. The first-order valence-electron chi connectivity index (χ1n) is 5.92. The van der Waals surface area contributed by atoms with Gasteiger partial charge in [-0.1, -0.05) is 5.16 Å². The summed E-state index contributed by atoms with van der Waals surface area (Å²) in [5.41, 5.74) is 6.14. The summed E-state index contributed by atoms with van der Waals surface area (Å²) < 4.78 is 32.0. The molecule has 0 aliphatic heterocycles. The standard InChI is InChI=1S/C14H9F2N3O2/c15-10-6-8(17)2-3-9(10)14-18-13(19-21-14)7-1-4-12(20)11(16)5-7/h1-6,20H,17H2. The summed E-state index contributed by atoms with van der Waals surface area (Å²) >= 11 is 0. The molecule has 0 radical (unpaired) electrons. The molecule has 3 rings (SSSR count). The number of phenols is 1. The van der Waals surface area contributed by atoms with Crippen LogP contribution in [0.25, 0.3) is 22.8 Å². The number of benzene rings is 2. The lowest BCUT2D eigenvalue weighted by molar-refractivity contribution is 0.428. The van der Waals surface area contributed by atoms with Crippen LogP contribution in [0.3, 0.4) is 0 Å². The van der Waals surface area contributed by atoms with Gasteiger partial charge in [0.05, 0.1) is 5.56 Å². The zero-order valence-corrected chi connectivity index (χ0v) is 10.5. The van der Waals surface area contributed by atoms with Gasteiger partial charge >= 0.3 is 0 Å². The Morgan fingerprint density at radius 3 is 2.57 bits per heavy atom. The predicted molar refractivity (Wildman–Crippen MR) is 71.2 cm³/mol. The maximum atomic E-state index is 13.8. The molecule has 0 saturated carbocycles. The smallest absolute Gasteiger partial charge is 0.261 e. The number of anilines is 1. The number of nitrogen functional groups attached to an aromatic ring is 1. The number of nitrogens with zero attached hydrogens (tertiary/aromatic N) is 2. The molecule has 21 heavy (non-hydrogen) atoms. The molecule has 1 heterocycles. The van der Waals surface area contributed by atoms with Crippen LogP contribution in [0.15, 0.2) is 40.9 Å². The van der Waals surface area contributed by atoms with Gasteiger partial charge in [-0.15, -0.1) is 0 Å². The molecule has 1 aromatic heterocycles. The van der Waals surface area contributed by atoms with Crippen molar-refractivity contribution in [2.45, 2.75) is 0 Å². The number of hydrogen-bond donors (Lipinski definition) is 2. The van der Waals surface area contributed by atoms with E-state index in [-0.39, 0.29) is 23.0 Å². The zero-order chi connectivity index (χ0) is 15.0. The van der Waals surface area contributed by atoms with Crippen LogP contribution in [0.1, 0.15) is 0 Å². The molecule has 3 N–H and O–H groups in total. The van der Waals surface area contributed by atoms with Gasteiger partial charge in [0, 0.05) is 11.3 Å². The maximum absolute atomic E-state index is 13.8. The van der Waals surface area contributed by atoms with Gasteiger partial charge in [-0.25, -0.2) is 8.78 Å². The maximum Gasteiger partial charge on any atom is 0.261 e. The fourth-order valence-electron chi connectivity index (χ4n) is 1.80. The Bertz CT molecular complexity index is 818. The van der Waals surface area contributed by atoms with Gasteiger partial charge in [-0.3, -0.25) is 0 Å². The molecular weight excluding hydrogens is 280 g/mol. The molecule has 3 aromatic rings. The number of phenolic OH excluding ortho intramolecular Hbond substituents is 1. The highest BCUT2D eigenvalue weighted by molar-refractivity contribution is 5.62. The first-order chi connectivity index (χ1) is 10.0. The third kappa shape index (κ3) is 2.40. The number of rotatable bonds is 2. The topological polar surface area (TPSA) is 85.2 Å². The van der Waals surface area contributed by atoms with E-state index in [9.17, 15) is 8.78 Å². The average Bonchev–Trinajstić information content (AvgIpc) is 2.91. The number of halogens is 2. The van der Waals surface area contributed by atoms with E-state index < -0.39 is 17.4 Å². The fraction of sp³-hybridized carbons (Fsp3) is 0. The molecule has 0 unspecified atom stereocenters. The normalized spacial score (nSPS) is 10.8. The molecule has 0 spiro atoms. The summed E-state index contributed by atoms with van der Waals surface area (Å²) in [4.78, 5) is 4.01. The first-order valence-corrected chi connectivity index (χ1v) is 5.92. The minimum atomic E-state index is -0.808. The Morgan fingerprint density at radius 2 is 1.86 bits per heavy atom. The summed E-state index contributed by atoms with van der Waals surface area (Å²) in [7, 11) is 0. The molecule has 0 saturated heterocycles. The third-order valence-corrected chi connectivity index (χ3v) is 2.86. The third-order valence-electron chi connectivity index (χ3n) is 2.86. The van der Waals surface area contributed by atoms with Gasteiger partial charge < -0.3 is 15.4 Å². The number of aromatic hydroxyl groups is 1. The lowest BCUT2D eigenvalue weighted by Crippen LogP contribution is -1.89. The van der Waals surface area contributed by atoms with Crippen LogP contribution in [0.4, 0.5) is 14.5 Å². The SMILES string of the molecule is Nc1ccc(-c2nc(-c3ccc(O)c(F)c3)no2)c(F)c1. The number of hydrogen-bond acceptors (Lipinski definition) is 5. The Kier molecular flexibility index (Phi) is 3.02. The summed E-state index contributed by atoms with van der Waals surface area (Å²) in [6.45, 7) is 0. The Morgan fingerprint density at radius 1 is 1.05 bits per heavy atom. The molecule has 0 bridgehead atoms. The van der Waals surface area contributed by atoms with Crippen LogP contribution in [0.2, 0.25) is 0 Å². The monoisotopic (exact) mass is 289 g/mol. The first kappa shape index (κ1) is 13.0. The molecular formula is C14H9F2N3O2. The van der Waals surface area contributed by atoms with Crippen molar-refractivity contribution in [1.82, 2.24) is 10.1 Å².